The Morgan fingerprint density at radius 1 is 1.23 bits per heavy atom. The highest BCUT2D eigenvalue weighted by atomic mass is 35.5. The number of rotatable bonds is 2. The predicted octanol–water partition coefficient (Wildman–Crippen LogP) is 4.83. The Kier molecular flexibility index (Phi) is 4.85. The number of aromatic nitrogens is 4. The summed E-state index contributed by atoms with van der Waals surface area (Å²) in [5.41, 5.74) is 0.838. The van der Waals surface area contributed by atoms with E-state index in [2.05, 4.69) is 15.3 Å². The highest BCUT2D eigenvalue weighted by Gasteiger charge is 2.36. The van der Waals surface area contributed by atoms with Crippen LogP contribution in [-0.4, -0.2) is 30.8 Å². The fraction of sp³-hybridized carbons (Fsp3) is 0.200. The van der Waals surface area contributed by atoms with E-state index in [1.165, 1.54) is 17.2 Å². The monoisotopic (exact) mass is 433 g/mol. The van der Waals surface area contributed by atoms with Crippen LogP contribution in [0, 0.1) is 6.92 Å². The average Bonchev–Trinajstić information content (AvgIpc) is 3.12. The molecule has 0 saturated carbocycles. The van der Waals surface area contributed by atoms with E-state index in [9.17, 15) is 18.0 Å². The minimum atomic E-state index is -4.66. The second kappa shape index (κ2) is 7.24. The number of nitrogens with zero attached hydrogens (tertiary/aromatic N) is 5. The van der Waals surface area contributed by atoms with Crippen molar-refractivity contribution in [2.75, 3.05) is 0 Å². The van der Waals surface area contributed by atoms with E-state index in [4.69, 9.17) is 11.6 Å². The van der Waals surface area contributed by atoms with Gasteiger partial charge >= 0.3 is 6.18 Å². The maximum absolute atomic E-state index is 13.2. The summed E-state index contributed by atoms with van der Waals surface area (Å²) in [5.74, 6) is -0.0926. The van der Waals surface area contributed by atoms with Gasteiger partial charge in [-0.15, -0.1) is 5.10 Å². The van der Waals surface area contributed by atoms with Crippen LogP contribution in [0.25, 0.3) is 11.9 Å². The van der Waals surface area contributed by atoms with Gasteiger partial charge in [-0.2, -0.15) is 17.9 Å². The van der Waals surface area contributed by atoms with Gasteiger partial charge in [0.25, 0.3) is 5.91 Å². The number of amides is 1. The van der Waals surface area contributed by atoms with Gasteiger partial charge in [-0.05, 0) is 49.8 Å². The SMILES string of the molecule is Cc1ccnc(-n2nnc3c2C=CN(C(=O)c2cccc(C(F)(F)F)c2Cl)C3C)c1. The van der Waals surface area contributed by atoms with Crippen LogP contribution in [0.5, 0.6) is 0 Å². The van der Waals surface area contributed by atoms with E-state index in [0.29, 0.717) is 17.2 Å². The molecule has 4 rings (SSSR count). The minimum Gasteiger partial charge on any atom is -0.306 e. The zero-order chi connectivity index (χ0) is 21.6. The van der Waals surface area contributed by atoms with Gasteiger partial charge in [0.15, 0.2) is 5.82 Å². The molecular weight excluding hydrogens is 419 g/mol. The molecule has 154 valence electrons. The minimum absolute atomic E-state index is 0.237. The van der Waals surface area contributed by atoms with Gasteiger partial charge in [0, 0.05) is 12.4 Å². The van der Waals surface area contributed by atoms with Crippen LogP contribution >= 0.6 is 11.6 Å². The Labute approximate surface area is 174 Å². The van der Waals surface area contributed by atoms with Crippen molar-refractivity contribution in [3.05, 3.63) is 75.8 Å². The van der Waals surface area contributed by atoms with Crippen molar-refractivity contribution in [1.29, 1.82) is 0 Å². The summed E-state index contributed by atoms with van der Waals surface area (Å²) in [6.45, 7) is 3.64. The van der Waals surface area contributed by atoms with Crippen LogP contribution in [0.15, 0.2) is 42.7 Å². The molecule has 0 N–H and O–H groups in total. The largest absolute Gasteiger partial charge is 0.417 e. The van der Waals surface area contributed by atoms with E-state index in [1.807, 2.05) is 19.1 Å². The van der Waals surface area contributed by atoms with Crippen molar-refractivity contribution >= 4 is 23.6 Å². The molecule has 2 aromatic heterocycles. The molecule has 1 atom stereocenters. The van der Waals surface area contributed by atoms with Crippen LogP contribution in [0.1, 0.15) is 45.8 Å². The number of benzene rings is 1. The lowest BCUT2D eigenvalue weighted by Gasteiger charge is -2.28. The summed E-state index contributed by atoms with van der Waals surface area (Å²) in [5, 5.41) is 7.66. The van der Waals surface area contributed by atoms with E-state index in [0.717, 1.165) is 17.7 Å². The lowest BCUT2D eigenvalue weighted by molar-refractivity contribution is -0.137. The van der Waals surface area contributed by atoms with Crippen molar-refractivity contribution in [3.63, 3.8) is 0 Å². The molecule has 1 aliphatic rings. The molecule has 0 bridgehead atoms. The van der Waals surface area contributed by atoms with Crippen LogP contribution in [0.2, 0.25) is 5.02 Å². The fourth-order valence-electron chi connectivity index (χ4n) is 3.27. The standard InChI is InChI=1S/C20H15ClF3N5O/c1-11-6-8-25-16(10-11)29-15-7-9-28(12(2)18(15)26-27-29)19(30)13-4-3-5-14(17(13)21)20(22,23)24/h3-10,12H,1-2H3. The molecule has 0 saturated heterocycles. The molecule has 10 heteroatoms. The van der Waals surface area contributed by atoms with Crippen molar-refractivity contribution in [3.8, 4) is 5.82 Å². The van der Waals surface area contributed by atoms with Crippen LogP contribution < -0.4 is 0 Å². The van der Waals surface area contributed by atoms with Gasteiger partial charge in [0.2, 0.25) is 0 Å². The van der Waals surface area contributed by atoms with Crippen molar-refractivity contribution in [2.24, 2.45) is 0 Å². The molecule has 30 heavy (non-hydrogen) atoms. The number of carbonyl (C=O) groups excluding carboxylic acids is 1. The molecule has 3 aromatic rings. The third-order valence-corrected chi connectivity index (χ3v) is 5.23. The van der Waals surface area contributed by atoms with Gasteiger partial charge in [-0.25, -0.2) is 4.98 Å². The number of hydrogen-bond acceptors (Lipinski definition) is 4. The summed E-state index contributed by atoms with van der Waals surface area (Å²) in [6.07, 6.45) is 0.105. The number of carbonyl (C=O) groups is 1. The quantitative estimate of drug-likeness (QED) is 0.580. The first-order valence-corrected chi connectivity index (χ1v) is 9.31. The van der Waals surface area contributed by atoms with Gasteiger partial charge < -0.3 is 4.90 Å². The van der Waals surface area contributed by atoms with Crippen LogP contribution in [-0.2, 0) is 6.18 Å². The first-order valence-electron chi connectivity index (χ1n) is 8.93. The first kappa shape index (κ1) is 20.1. The lowest BCUT2D eigenvalue weighted by Crippen LogP contribution is -2.31. The molecular formula is C20H15ClF3N5O. The number of fused-ring (bicyclic) bond motifs is 1. The zero-order valence-electron chi connectivity index (χ0n) is 15.9. The van der Waals surface area contributed by atoms with Crippen LogP contribution in [0.4, 0.5) is 13.2 Å². The summed E-state index contributed by atoms with van der Waals surface area (Å²) in [7, 11) is 0. The molecule has 1 amide bonds. The summed E-state index contributed by atoms with van der Waals surface area (Å²) in [6, 6.07) is 6.39. The second-order valence-corrected chi connectivity index (χ2v) is 7.21. The highest BCUT2D eigenvalue weighted by molar-refractivity contribution is 6.34. The lowest BCUT2D eigenvalue weighted by atomic mass is 10.0. The number of hydrogen-bond donors (Lipinski definition) is 0. The molecule has 1 aromatic carbocycles. The average molecular weight is 434 g/mol. The molecule has 0 radical (unpaired) electrons. The van der Waals surface area contributed by atoms with Crippen LogP contribution in [0.3, 0.4) is 0 Å². The summed E-state index contributed by atoms with van der Waals surface area (Å²) in [4.78, 5) is 18.6. The van der Waals surface area contributed by atoms with Crippen molar-refractivity contribution < 1.29 is 18.0 Å². The fourth-order valence-corrected chi connectivity index (χ4v) is 3.58. The predicted molar refractivity (Wildman–Crippen MR) is 104 cm³/mol. The second-order valence-electron chi connectivity index (χ2n) is 6.83. The molecule has 3 heterocycles. The Hall–Kier alpha value is -3.20. The first-order chi connectivity index (χ1) is 14.2. The molecule has 1 aliphatic heterocycles. The van der Waals surface area contributed by atoms with Crippen molar-refractivity contribution in [2.45, 2.75) is 26.1 Å². The summed E-state index contributed by atoms with van der Waals surface area (Å²) >= 11 is 5.92. The Morgan fingerprint density at radius 2 is 2.00 bits per heavy atom. The van der Waals surface area contributed by atoms with Gasteiger partial charge in [0.05, 0.1) is 27.9 Å². The maximum atomic E-state index is 13.2. The third-order valence-electron chi connectivity index (χ3n) is 4.83. The van der Waals surface area contributed by atoms with Gasteiger partial charge in [-0.1, -0.05) is 22.9 Å². The molecule has 6 nitrogen and oxygen atoms in total. The normalized spacial score (nSPS) is 15.9. The molecule has 0 fully saturated rings. The summed E-state index contributed by atoms with van der Waals surface area (Å²) < 4.78 is 41.0. The van der Waals surface area contributed by atoms with Crippen molar-refractivity contribution in [1.82, 2.24) is 24.9 Å². The molecule has 1 unspecified atom stereocenters. The topological polar surface area (TPSA) is 63.9 Å². The number of halogens is 4. The van der Waals surface area contributed by atoms with Gasteiger partial charge in [-0.3, -0.25) is 4.79 Å². The maximum Gasteiger partial charge on any atom is 0.417 e. The number of aryl methyl sites for hydroxylation is 1. The number of pyridine rings is 1. The Morgan fingerprint density at radius 3 is 2.70 bits per heavy atom. The number of alkyl halides is 3. The van der Waals surface area contributed by atoms with E-state index < -0.39 is 28.7 Å². The molecule has 0 spiro atoms. The Balaban J connectivity index is 1.70. The zero-order valence-corrected chi connectivity index (χ0v) is 16.6. The van der Waals surface area contributed by atoms with E-state index >= 15 is 0 Å². The smallest absolute Gasteiger partial charge is 0.306 e. The van der Waals surface area contributed by atoms with Gasteiger partial charge in [0.1, 0.15) is 5.69 Å². The highest BCUT2D eigenvalue weighted by Crippen LogP contribution is 2.38. The molecule has 0 aliphatic carbocycles. The van der Waals surface area contributed by atoms with E-state index in [-0.39, 0.29) is 5.56 Å². The Bertz CT molecular complexity index is 1170. The third kappa shape index (κ3) is 3.35. The van der Waals surface area contributed by atoms with E-state index in [1.54, 1.807) is 23.9 Å².